The monoisotopic (exact) mass is 272 g/mol. The second-order valence-electron chi connectivity index (χ2n) is 3.10. The third-order valence-electron chi connectivity index (χ3n) is 1.99. The van der Waals surface area contributed by atoms with Gasteiger partial charge in [-0.3, -0.25) is 0 Å². The lowest BCUT2D eigenvalue weighted by Gasteiger charge is -2.02. The van der Waals surface area contributed by atoms with Gasteiger partial charge in [0.05, 0.1) is 10.2 Å². The zero-order chi connectivity index (χ0) is 11.0. The lowest BCUT2D eigenvalue weighted by molar-refractivity contribution is 0.586. The molecule has 0 unspecified atom stereocenters. The van der Waals surface area contributed by atoms with Crippen molar-refractivity contribution in [3.63, 3.8) is 0 Å². The summed E-state index contributed by atoms with van der Waals surface area (Å²) >= 11 is 3.26. The molecule has 0 radical (unpaired) electrons. The number of nitrogens with zero attached hydrogens (tertiary/aromatic N) is 2. The molecule has 1 heterocycles. The van der Waals surface area contributed by atoms with Crippen molar-refractivity contribution in [3.05, 3.63) is 46.2 Å². The highest BCUT2D eigenvalue weighted by Crippen LogP contribution is 2.19. The Morgan fingerprint density at radius 2 is 2.07 bits per heavy atom. The molecule has 2 nitrogen and oxygen atoms in total. The Balaban J connectivity index is 2.58. The Bertz CT molecular complexity index is 489. The number of aryl methyl sites for hydroxylation is 1. The summed E-state index contributed by atoms with van der Waals surface area (Å²) in [4.78, 5) is 0. The van der Waals surface area contributed by atoms with Gasteiger partial charge < -0.3 is 0 Å². The number of benzene rings is 1. The maximum absolute atomic E-state index is 13.4. The summed E-state index contributed by atoms with van der Waals surface area (Å²) in [6.45, 7) is 1.78. The van der Waals surface area contributed by atoms with Crippen LogP contribution in [0, 0.1) is 18.6 Å². The van der Waals surface area contributed by atoms with Crippen molar-refractivity contribution in [2.24, 2.45) is 0 Å². The van der Waals surface area contributed by atoms with E-state index in [0.29, 0.717) is 0 Å². The Hall–Kier alpha value is -1.23. The van der Waals surface area contributed by atoms with Gasteiger partial charge in [0.2, 0.25) is 0 Å². The molecule has 0 spiro atoms. The van der Waals surface area contributed by atoms with Gasteiger partial charge in [0.1, 0.15) is 17.3 Å². The van der Waals surface area contributed by atoms with Crippen LogP contribution in [0.5, 0.6) is 0 Å². The highest BCUT2D eigenvalue weighted by atomic mass is 79.9. The van der Waals surface area contributed by atoms with Gasteiger partial charge in [0.15, 0.2) is 0 Å². The minimum Gasteiger partial charge on any atom is -0.236 e. The Morgan fingerprint density at radius 3 is 2.67 bits per heavy atom. The molecule has 1 aromatic heterocycles. The van der Waals surface area contributed by atoms with Gasteiger partial charge in [0.25, 0.3) is 0 Å². The molecule has 0 atom stereocenters. The normalized spacial score (nSPS) is 10.7. The Morgan fingerprint density at radius 1 is 1.33 bits per heavy atom. The summed E-state index contributed by atoms with van der Waals surface area (Å²) < 4.78 is 28.3. The molecule has 0 saturated heterocycles. The topological polar surface area (TPSA) is 17.8 Å². The van der Waals surface area contributed by atoms with E-state index >= 15 is 0 Å². The molecule has 0 N–H and O–H groups in total. The summed E-state index contributed by atoms with van der Waals surface area (Å²) in [5, 5.41) is 4.05. The number of rotatable bonds is 1. The van der Waals surface area contributed by atoms with Gasteiger partial charge in [-0.15, -0.1) is 0 Å². The molecule has 0 saturated carbocycles. The molecule has 0 aliphatic carbocycles. The third-order valence-corrected chi connectivity index (χ3v) is 2.77. The number of hydrogen-bond donors (Lipinski definition) is 0. The molecule has 78 valence electrons. The average Bonchev–Trinajstić information content (AvgIpc) is 2.51. The molecule has 0 amide bonds. The van der Waals surface area contributed by atoms with Crippen LogP contribution in [0.2, 0.25) is 0 Å². The van der Waals surface area contributed by atoms with Crippen LogP contribution in [0.4, 0.5) is 8.78 Å². The molecule has 2 aromatic rings. The lowest BCUT2D eigenvalue weighted by Crippen LogP contribution is -1.99. The molecule has 1 aromatic carbocycles. The summed E-state index contributed by atoms with van der Waals surface area (Å²) in [7, 11) is 0. The predicted octanol–water partition coefficient (Wildman–Crippen LogP) is 3.22. The predicted molar refractivity (Wildman–Crippen MR) is 55.9 cm³/mol. The molecular formula is C10H7BrF2N2. The summed E-state index contributed by atoms with van der Waals surface area (Å²) in [6.07, 6.45) is 1.59. The fourth-order valence-electron chi connectivity index (χ4n) is 1.22. The molecule has 0 aliphatic rings. The second kappa shape index (κ2) is 3.73. The van der Waals surface area contributed by atoms with Crippen molar-refractivity contribution < 1.29 is 8.78 Å². The SMILES string of the molecule is Cc1nn(-c2cc(F)ccc2F)cc1Br. The van der Waals surface area contributed by atoms with E-state index in [9.17, 15) is 8.78 Å². The molecule has 0 fully saturated rings. The number of aromatic nitrogens is 2. The fraction of sp³-hybridized carbons (Fsp3) is 0.100. The minimum atomic E-state index is -0.508. The molecule has 0 aliphatic heterocycles. The van der Waals surface area contributed by atoms with Crippen molar-refractivity contribution in [1.29, 1.82) is 0 Å². The Kier molecular flexibility index (Phi) is 2.56. The van der Waals surface area contributed by atoms with Gasteiger partial charge in [-0.05, 0) is 35.0 Å². The summed E-state index contributed by atoms with van der Waals surface area (Å²) in [5.74, 6) is -0.998. The van der Waals surface area contributed by atoms with Crippen LogP contribution in [0.3, 0.4) is 0 Å². The van der Waals surface area contributed by atoms with Gasteiger partial charge in [0, 0.05) is 12.3 Å². The van der Waals surface area contributed by atoms with E-state index in [0.717, 1.165) is 28.4 Å². The molecule has 15 heavy (non-hydrogen) atoms. The molecule has 2 rings (SSSR count). The van der Waals surface area contributed by atoms with Gasteiger partial charge >= 0.3 is 0 Å². The van der Waals surface area contributed by atoms with E-state index in [-0.39, 0.29) is 5.69 Å². The zero-order valence-corrected chi connectivity index (χ0v) is 9.42. The van der Waals surface area contributed by atoms with Crippen LogP contribution in [0.1, 0.15) is 5.69 Å². The molecular weight excluding hydrogens is 266 g/mol. The maximum Gasteiger partial charge on any atom is 0.149 e. The van der Waals surface area contributed by atoms with Crippen molar-refractivity contribution >= 4 is 15.9 Å². The van der Waals surface area contributed by atoms with Gasteiger partial charge in [-0.25, -0.2) is 13.5 Å². The van der Waals surface area contributed by atoms with Crippen molar-refractivity contribution in [2.75, 3.05) is 0 Å². The van der Waals surface area contributed by atoms with Crippen LogP contribution in [0.15, 0.2) is 28.9 Å². The summed E-state index contributed by atoms with van der Waals surface area (Å²) in [6, 6.07) is 3.26. The first-order chi connectivity index (χ1) is 7.08. The van der Waals surface area contributed by atoms with E-state index in [1.807, 2.05) is 0 Å². The van der Waals surface area contributed by atoms with Crippen LogP contribution < -0.4 is 0 Å². The van der Waals surface area contributed by atoms with E-state index in [2.05, 4.69) is 21.0 Å². The smallest absolute Gasteiger partial charge is 0.149 e. The van der Waals surface area contributed by atoms with Crippen molar-refractivity contribution in [1.82, 2.24) is 9.78 Å². The molecule has 0 bridgehead atoms. The van der Waals surface area contributed by atoms with E-state index < -0.39 is 11.6 Å². The average molecular weight is 273 g/mol. The van der Waals surface area contributed by atoms with Crippen molar-refractivity contribution in [3.8, 4) is 5.69 Å². The van der Waals surface area contributed by atoms with Crippen LogP contribution >= 0.6 is 15.9 Å². The zero-order valence-electron chi connectivity index (χ0n) is 7.84. The Labute approximate surface area is 93.7 Å². The standard InChI is InChI=1S/C10H7BrF2N2/c1-6-8(11)5-15(14-6)10-4-7(12)2-3-9(10)13/h2-5H,1H3. The first-order valence-electron chi connectivity index (χ1n) is 4.25. The van der Waals surface area contributed by atoms with Crippen LogP contribution in [-0.2, 0) is 0 Å². The first kappa shape index (κ1) is 10.3. The fourth-order valence-corrected chi connectivity index (χ4v) is 1.50. The second-order valence-corrected chi connectivity index (χ2v) is 3.96. The third kappa shape index (κ3) is 1.92. The van der Waals surface area contributed by atoms with E-state index in [1.54, 1.807) is 13.1 Å². The van der Waals surface area contributed by atoms with Crippen LogP contribution in [0.25, 0.3) is 5.69 Å². The van der Waals surface area contributed by atoms with Gasteiger partial charge in [-0.2, -0.15) is 5.10 Å². The molecule has 5 heteroatoms. The van der Waals surface area contributed by atoms with Crippen LogP contribution in [-0.4, -0.2) is 9.78 Å². The van der Waals surface area contributed by atoms with E-state index in [4.69, 9.17) is 0 Å². The largest absolute Gasteiger partial charge is 0.236 e. The minimum absolute atomic E-state index is 0.101. The first-order valence-corrected chi connectivity index (χ1v) is 5.04. The summed E-state index contributed by atoms with van der Waals surface area (Å²) in [5.41, 5.74) is 0.822. The number of halogens is 3. The maximum atomic E-state index is 13.4. The lowest BCUT2D eigenvalue weighted by atomic mass is 10.3. The number of hydrogen-bond acceptors (Lipinski definition) is 1. The highest BCUT2D eigenvalue weighted by molar-refractivity contribution is 9.10. The van der Waals surface area contributed by atoms with Crippen molar-refractivity contribution in [2.45, 2.75) is 6.92 Å². The van der Waals surface area contributed by atoms with E-state index in [1.165, 1.54) is 4.68 Å². The highest BCUT2D eigenvalue weighted by Gasteiger charge is 2.09. The van der Waals surface area contributed by atoms with Gasteiger partial charge in [-0.1, -0.05) is 0 Å². The quantitative estimate of drug-likeness (QED) is 0.780.